The van der Waals surface area contributed by atoms with Crippen molar-refractivity contribution in [1.29, 1.82) is 0 Å². The Labute approximate surface area is 95.5 Å². The second-order valence-corrected chi connectivity index (χ2v) is 4.71. The average molecular weight is 263 g/mol. The third-order valence-corrected chi connectivity index (χ3v) is 3.14. The van der Waals surface area contributed by atoms with Crippen LogP contribution in [0.3, 0.4) is 0 Å². The van der Waals surface area contributed by atoms with Crippen LogP contribution in [0.2, 0.25) is 0 Å². The average Bonchev–Trinajstić information content (AvgIpc) is 2.68. The van der Waals surface area contributed by atoms with Crippen LogP contribution < -0.4 is 4.72 Å². The summed E-state index contributed by atoms with van der Waals surface area (Å²) in [6.07, 6.45) is 0.310. The van der Waals surface area contributed by atoms with Crippen molar-refractivity contribution < 1.29 is 28.2 Å². The quantitative estimate of drug-likeness (QED) is 0.493. The molecule has 0 aliphatic carbocycles. The lowest BCUT2D eigenvalue weighted by molar-refractivity contribution is -0.145. The van der Waals surface area contributed by atoms with Gasteiger partial charge < -0.3 is 10.2 Å². The number of carboxylic acid groups (broad SMARTS) is 2. The standard InChI is InChI=1S/C7H9N3O6S/c11-6(12)3-4(7(13)14)10-17(15,16)5-1-2-8-9-5/h1-2,4,10H,3H2,(H,8,9)(H,11,12)(H,13,14)/t4-/m0/s1. The Balaban J connectivity index is 2.87. The van der Waals surface area contributed by atoms with Crippen molar-refractivity contribution in [2.45, 2.75) is 17.5 Å². The number of sulfonamides is 1. The minimum absolute atomic E-state index is 0.339. The Hall–Kier alpha value is -1.94. The predicted octanol–water partition coefficient (Wildman–Crippen LogP) is -1.38. The zero-order valence-corrected chi connectivity index (χ0v) is 9.14. The molecule has 0 saturated heterocycles. The van der Waals surface area contributed by atoms with Crippen LogP contribution in [0, 0.1) is 0 Å². The SMILES string of the molecule is O=C(O)C[C@H](NS(=O)(=O)c1ccn[nH]1)C(=O)O. The number of carbonyl (C=O) groups is 2. The highest BCUT2D eigenvalue weighted by Gasteiger charge is 2.28. The van der Waals surface area contributed by atoms with Crippen molar-refractivity contribution in [3.8, 4) is 0 Å². The topological polar surface area (TPSA) is 149 Å². The second-order valence-electron chi connectivity index (χ2n) is 3.03. The number of hydrogen-bond acceptors (Lipinski definition) is 5. The number of nitrogens with zero attached hydrogens (tertiary/aromatic N) is 1. The second kappa shape index (κ2) is 4.93. The maximum Gasteiger partial charge on any atom is 0.322 e. The zero-order chi connectivity index (χ0) is 13.1. The summed E-state index contributed by atoms with van der Waals surface area (Å²) >= 11 is 0. The minimum Gasteiger partial charge on any atom is -0.481 e. The molecule has 4 N–H and O–H groups in total. The van der Waals surface area contributed by atoms with Gasteiger partial charge in [0.15, 0.2) is 5.03 Å². The van der Waals surface area contributed by atoms with Crippen LogP contribution in [-0.4, -0.2) is 46.8 Å². The third kappa shape index (κ3) is 3.53. The number of rotatable bonds is 6. The molecule has 0 radical (unpaired) electrons. The Bertz CT molecular complexity index is 508. The van der Waals surface area contributed by atoms with Gasteiger partial charge in [0.2, 0.25) is 0 Å². The van der Waals surface area contributed by atoms with E-state index in [1.54, 1.807) is 4.72 Å². The zero-order valence-electron chi connectivity index (χ0n) is 8.32. The van der Waals surface area contributed by atoms with Gasteiger partial charge in [-0.05, 0) is 6.07 Å². The summed E-state index contributed by atoms with van der Waals surface area (Å²) in [7, 11) is -4.12. The van der Waals surface area contributed by atoms with Gasteiger partial charge in [-0.1, -0.05) is 0 Å². The molecule has 0 aromatic carbocycles. The molecule has 0 amide bonds. The number of carboxylic acids is 2. The summed E-state index contributed by atoms with van der Waals surface area (Å²) in [4.78, 5) is 21.0. The smallest absolute Gasteiger partial charge is 0.322 e. The van der Waals surface area contributed by atoms with Gasteiger partial charge in [0.05, 0.1) is 12.6 Å². The highest BCUT2D eigenvalue weighted by atomic mass is 32.2. The van der Waals surface area contributed by atoms with Gasteiger partial charge >= 0.3 is 11.9 Å². The molecule has 1 rings (SSSR count). The van der Waals surface area contributed by atoms with E-state index in [0.717, 1.165) is 6.07 Å². The van der Waals surface area contributed by atoms with Crippen molar-refractivity contribution >= 4 is 22.0 Å². The number of H-pyrrole nitrogens is 1. The molecule has 0 unspecified atom stereocenters. The van der Waals surface area contributed by atoms with Crippen LogP contribution in [0.15, 0.2) is 17.3 Å². The summed E-state index contributed by atoms with van der Waals surface area (Å²) in [5, 5.41) is 22.3. The van der Waals surface area contributed by atoms with Crippen LogP contribution in [-0.2, 0) is 19.6 Å². The fourth-order valence-electron chi connectivity index (χ4n) is 0.998. The van der Waals surface area contributed by atoms with E-state index in [2.05, 4.69) is 10.2 Å². The molecule has 1 atom stereocenters. The van der Waals surface area contributed by atoms with Crippen LogP contribution in [0.1, 0.15) is 6.42 Å². The lowest BCUT2D eigenvalue weighted by Crippen LogP contribution is -2.42. The first-order valence-electron chi connectivity index (χ1n) is 4.29. The molecule has 0 saturated carbocycles. The Morgan fingerprint density at radius 2 is 2.12 bits per heavy atom. The Kier molecular flexibility index (Phi) is 3.81. The van der Waals surface area contributed by atoms with Gasteiger partial charge in [-0.3, -0.25) is 14.7 Å². The van der Waals surface area contributed by atoms with Gasteiger partial charge in [-0.2, -0.15) is 9.82 Å². The molecule has 9 nitrogen and oxygen atoms in total. The minimum atomic E-state index is -4.12. The summed E-state index contributed by atoms with van der Waals surface area (Å²) in [6.45, 7) is 0. The maximum absolute atomic E-state index is 11.6. The molecule has 0 fully saturated rings. The van der Waals surface area contributed by atoms with Gasteiger partial charge in [0, 0.05) is 0 Å². The fourth-order valence-corrected chi connectivity index (χ4v) is 2.10. The molecule has 10 heteroatoms. The monoisotopic (exact) mass is 263 g/mol. The van der Waals surface area contributed by atoms with E-state index < -0.39 is 34.4 Å². The number of aromatic amines is 1. The molecule has 0 aliphatic heterocycles. The molecule has 0 spiro atoms. The lowest BCUT2D eigenvalue weighted by Gasteiger charge is -2.11. The van der Waals surface area contributed by atoms with E-state index in [0.29, 0.717) is 0 Å². The first-order valence-corrected chi connectivity index (χ1v) is 5.77. The molecular formula is C7H9N3O6S. The van der Waals surface area contributed by atoms with Crippen molar-refractivity contribution in [2.24, 2.45) is 0 Å². The highest BCUT2D eigenvalue weighted by Crippen LogP contribution is 2.05. The first-order chi connectivity index (χ1) is 7.83. The number of hydrogen-bond donors (Lipinski definition) is 4. The largest absolute Gasteiger partial charge is 0.481 e. The van der Waals surface area contributed by atoms with Crippen molar-refractivity contribution in [2.75, 3.05) is 0 Å². The number of aliphatic carboxylic acids is 2. The number of aromatic nitrogens is 2. The Morgan fingerprint density at radius 3 is 2.53 bits per heavy atom. The van der Waals surface area contributed by atoms with Crippen molar-refractivity contribution in [1.82, 2.24) is 14.9 Å². The van der Waals surface area contributed by atoms with Gasteiger partial charge in [-0.25, -0.2) is 8.42 Å². The van der Waals surface area contributed by atoms with Gasteiger partial charge in [0.1, 0.15) is 6.04 Å². The predicted molar refractivity (Wildman–Crippen MR) is 52.6 cm³/mol. The molecule has 1 aromatic rings. The molecule has 0 aliphatic rings. The van der Waals surface area contributed by atoms with Crippen LogP contribution in [0.5, 0.6) is 0 Å². The maximum atomic E-state index is 11.6. The molecule has 94 valence electrons. The van der Waals surface area contributed by atoms with Gasteiger partial charge in [-0.15, -0.1) is 0 Å². The molecule has 17 heavy (non-hydrogen) atoms. The van der Waals surface area contributed by atoms with E-state index in [1.165, 1.54) is 6.20 Å². The van der Waals surface area contributed by atoms with Gasteiger partial charge in [0.25, 0.3) is 10.0 Å². The molecule has 1 aromatic heterocycles. The van der Waals surface area contributed by atoms with Crippen LogP contribution >= 0.6 is 0 Å². The van der Waals surface area contributed by atoms with Crippen LogP contribution in [0.4, 0.5) is 0 Å². The van der Waals surface area contributed by atoms with E-state index in [-0.39, 0.29) is 5.03 Å². The summed E-state index contributed by atoms with van der Waals surface area (Å²) in [5.74, 6) is -3.00. The fraction of sp³-hybridized carbons (Fsp3) is 0.286. The van der Waals surface area contributed by atoms with E-state index >= 15 is 0 Å². The molecule has 1 heterocycles. The summed E-state index contributed by atoms with van der Waals surface area (Å²) < 4.78 is 24.8. The summed E-state index contributed by atoms with van der Waals surface area (Å²) in [6, 6.07) is -0.622. The first kappa shape index (κ1) is 13.1. The van der Waals surface area contributed by atoms with E-state index in [1.807, 2.05) is 0 Å². The van der Waals surface area contributed by atoms with Crippen molar-refractivity contribution in [3.63, 3.8) is 0 Å². The molecular weight excluding hydrogens is 254 g/mol. The number of nitrogens with one attached hydrogen (secondary N) is 2. The highest BCUT2D eigenvalue weighted by molar-refractivity contribution is 7.89. The van der Waals surface area contributed by atoms with Crippen molar-refractivity contribution in [3.05, 3.63) is 12.3 Å². The van der Waals surface area contributed by atoms with Crippen LogP contribution in [0.25, 0.3) is 0 Å². The lowest BCUT2D eigenvalue weighted by atomic mass is 10.2. The van der Waals surface area contributed by atoms with E-state index in [4.69, 9.17) is 10.2 Å². The van der Waals surface area contributed by atoms with E-state index in [9.17, 15) is 18.0 Å². The Morgan fingerprint density at radius 1 is 1.47 bits per heavy atom. The molecule has 0 bridgehead atoms. The third-order valence-electron chi connectivity index (χ3n) is 1.74. The summed E-state index contributed by atoms with van der Waals surface area (Å²) in [5.41, 5.74) is 0. The normalized spacial score (nSPS) is 13.2.